The minimum atomic E-state index is -0.545. The maximum atomic E-state index is 12.9. The zero-order valence-corrected chi connectivity index (χ0v) is 18.0. The largest absolute Gasteiger partial charge is 0.497 e. The number of amides is 1. The second-order valence-corrected chi connectivity index (χ2v) is 8.32. The van der Waals surface area contributed by atoms with Crippen molar-refractivity contribution in [3.8, 4) is 11.5 Å². The molecule has 4 heteroatoms. The Kier molecular flexibility index (Phi) is 7.18. The van der Waals surface area contributed by atoms with Crippen LogP contribution in [-0.4, -0.2) is 19.1 Å². The molecule has 29 heavy (non-hydrogen) atoms. The third-order valence-corrected chi connectivity index (χ3v) is 5.57. The zero-order chi connectivity index (χ0) is 20.8. The van der Waals surface area contributed by atoms with E-state index in [0.29, 0.717) is 5.92 Å². The Morgan fingerprint density at radius 2 is 1.76 bits per heavy atom. The predicted octanol–water partition coefficient (Wildman–Crippen LogP) is 5.24. The summed E-state index contributed by atoms with van der Waals surface area (Å²) in [5.74, 6) is 2.04. The quantitative estimate of drug-likeness (QED) is 0.664. The molecule has 0 bridgehead atoms. The van der Waals surface area contributed by atoms with Crippen LogP contribution >= 0.6 is 0 Å². The first kappa shape index (κ1) is 21.2. The van der Waals surface area contributed by atoms with Gasteiger partial charge < -0.3 is 14.8 Å². The van der Waals surface area contributed by atoms with Gasteiger partial charge in [-0.2, -0.15) is 0 Å². The first-order valence-electron chi connectivity index (χ1n) is 10.7. The molecule has 1 amide bonds. The fourth-order valence-corrected chi connectivity index (χ4v) is 3.98. The number of ether oxygens (including phenoxy) is 2. The number of carbonyl (C=O) groups is 1. The van der Waals surface area contributed by atoms with Crippen LogP contribution in [0.5, 0.6) is 11.5 Å². The Hall–Kier alpha value is -2.49. The highest BCUT2D eigenvalue weighted by Crippen LogP contribution is 2.30. The molecule has 3 rings (SSSR count). The minimum absolute atomic E-state index is 0.0517. The molecule has 0 fully saturated rings. The van der Waals surface area contributed by atoms with Gasteiger partial charge in [0.25, 0.3) is 5.91 Å². The fraction of sp³-hybridized carbons (Fsp3) is 0.480. The predicted molar refractivity (Wildman–Crippen MR) is 117 cm³/mol. The monoisotopic (exact) mass is 395 g/mol. The number of rotatable bonds is 8. The van der Waals surface area contributed by atoms with E-state index in [9.17, 15) is 4.79 Å². The fourth-order valence-electron chi connectivity index (χ4n) is 3.98. The summed E-state index contributed by atoms with van der Waals surface area (Å²) in [7, 11) is 1.66. The van der Waals surface area contributed by atoms with Crippen LogP contribution in [0, 0.1) is 5.92 Å². The first-order valence-corrected chi connectivity index (χ1v) is 10.7. The molecule has 1 aliphatic carbocycles. The third-order valence-electron chi connectivity index (χ3n) is 5.57. The van der Waals surface area contributed by atoms with Gasteiger partial charge in [-0.25, -0.2) is 0 Å². The van der Waals surface area contributed by atoms with E-state index in [0.717, 1.165) is 36.3 Å². The summed E-state index contributed by atoms with van der Waals surface area (Å²) in [6, 6.07) is 14.1. The number of benzene rings is 2. The van der Waals surface area contributed by atoms with Crippen LogP contribution in [0.15, 0.2) is 42.5 Å². The molecule has 1 N–H and O–H groups in total. The highest BCUT2D eigenvalue weighted by Gasteiger charge is 2.23. The van der Waals surface area contributed by atoms with Gasteiger partial charge in [0, 0.05) is 0 Å². The van der Waals surface area contributed by atoms with Gasteiger partial charge in [-0.3, -0.25) is 4.79 Å². The van der Waals surface area contributed by atoms with Crippen LogP contribution in [0.1, 0.15) is 62.8 Å². The van der Waals surface area contributed by atoms with E-state index in [4.69, 9.17) is 9.47 Å². The molecule has 4 nitrogen and oxygen atoms in total. The number of carbonyl (C=O) groups excluding carboxylic acids is 1. The number of hydrogen-bond acceptors (Lipinski definition) is 3. The first-order chi connectivity index (χ1) is 14.0. The van der Waals surface area contributed by atoms with Crippen molar-refractivity contribution in [2.24, 2.45) is 5.92 Å². The number of aryl methyl sites for hydroxylation is 1. The van der Waals surface area contributed by atoms with Crippen molar-refractivity contribution in [1.82, 2.24) is 5.32 Å². The summed E-state index contributed by atoms with van der Waals surface area (Å²) >= 11 is 0. The standard InChI is InChI=1S/C25H33NO3/c1-17(2)16-23(20-12-14-21(28-4)15-13-20)26-25(27)18(3)29-24-11-7-9-19-8-5-6-10-22(19)24/h7,9,11-15,17-18,23H,5-6,8,10,16H2,1-4H3,(H,26,27). The van der Waals surface area contributed by atoms with Crippen molar-refractivity contribution in [3.63, 3.8) is 0 Å². The summed E-state index contributed by atoms with van der Waals surface area (Å²) in [6.07, 6.45) is 4.86. The van der Waals surface area contributed by atoms with Gasteiger partial charge in [0.05, 0.1) is 13.2 Å². The van der Waals surface area contributed by atoms with Crippen LogP contribution in [-0.2, 0) is 17.6 Å². The van der Waals surface area contributed by atoms with Crippen LogP contribution in [0.3, 0.4) is 0 Å². The number of nitrogens with one attached hydrogen (secondary N) is 1. The van der Waals surface area contributed by atoms with Gasteiger partial charge in [0.2, 0.25) is 0 Å². The Morgan fingerprint density at radius 3 is 2.45 bits per heavy atom. The highest BCUT2D eigenvalue weighted by atomic mass is 16.5. The SMILES string of the molecule is COc1ccc(C(CC(C)C)NC(=O)C(C)Oc2cccc3c2CCCC3)cc1. The van der Waals surface area contributed by atoms with Crippen molar-refractivity contribution in [2.75, 3.05) is 7.11 Å². The molecule has 2 aromatic rings. The number of hydrogen-bond donors (Lipinski definition) is 1. The minimum Gasteiger partial charge on any atom is -0.497 e. The topological polar surface area (TPSA) is 47.6 Å². The lowest BCUT2D eigenvalue weighted by Crippen LogP contribution is -2.39. The van der Waals surface area contributed by atoms with Gasteiger partial charge >= 0.3 is 0 Å². The molecular formula is C25H33NO3. The Balaban J connectivity index is 1.70. The van der Waals surface area contributed by atoms with E-state index >= 15 is 0 Å². The Bertz CT molecular complexity index is 813. The maximum absolute atomic E-state index is 12.9. The van der Waals surface area contributed by atoms with E-state index in [1.54, 1.807) is 7.11 Å². The molecule has 0 aliphatic heterocycles. The van der Waals surface area contributed by atoms with Crippen LogP contribution in [0.2, 0.25) is 0 Å². The van der Waals surface area contributed by atoms with Crippen LogP contribution < -0.4 is 14.8 Å². The molecule has 0 radical (unpaired) electrons. The number of methoxy groups -OCH3 is 1. The number of fused-ring (bicyclic) bond motifs is 1. The van der Waals surface area contributed by atoms with Crippen LogP contribution in [0.25, 0.3) is 0 Å². The van der Waals surface area contributed by atoms with Crippen molar-refractivity contribution in [3.05, 3.63) is 59.2 Å². The zero-order valence-electron chi connectivity index (χ0n) is 18.0. The molecule has 0 aromatic heterocycles. The summed E-state index contributed by atoms with van der Waals surface area (Å²) in [5, 5.41) is 3.20. The summed E-state index contributed by atoms with van der Waals surface area (Å²) in [5.41, 5.74) is 3.71. The van der Waals surface area contributed by atoms with Crippen molar-refractivity contribution >= 4 is 5.91 Å². The second-order valence-electron chi connectivity index (χ2n) is 8.32. The molecule has 1 aliphatic rings. The molecule has 2 aromatic carbocycles. The average Bonchev–Trinajstić information content (AvgIpc) is 2.73. The lowest BCUT2D eigenvalue weighted by molar-refractivity contribution is -0.128. The van der Waals surface area contributed by atoms with E-state index in [-0.39, 0.29) is 11.9 Å². The van der Waals surface area contributed by atoms with E-state index in [2.05, 4.69) is 25.2 Å². The molecule has 0 saturated heterocycles. The van der Waals surface area contributed by atoms with E-state index in [1.165, 1.54) is 24.0 Å². The van der Waals surface area contributed by atoms with Crippen molar-refractivity contribution < 1.29 is 14.3 Å². The lowest BCUT2D eigenvalue weighted by Gasteiger charge is -2.25. The van der Waals surface area contributed by atoms with Gasteiger partial charge in [-0.1, -0.05) is 38.1 Å². The normalized spacial score (nSPS) is 15.3. The van der Waals surface area contributed by atoms with Crippen molar-refractivity contribution in [1.29, 1.82) is 0 Å². The average molecular weight is 396 g/mol. The molecule has 2 atom stereocenters. The molecule has 156 valence electrons. The Labute approximate surface area is 174 Å². The molecule has 0 heterocycles. The lowest BCUT2D eigenvalue weighted by atomic mass is 9.91. The van der Waals surface area contributed by atoms with Crippen LogP contribution in [0.4, 0.5) is 0 Å². The summed E-state index contributed by atoms with van der Waals surface area (Å²) in [4.78, 5) is 12.9. The third kappa shape index (κ3) is 5.53. The van der Waals surface area contributed by atoms with Gasteiger partial charge in [0.1, 0.15) is 11.5 Å². The highest BCUT2D eigenvalue weighted by molar-refractivity contribution is 5.81. The molecule has 0 spiro atoms. The summed E-state index contributed by atoms with van der Waals surface area (Å²) in [6.45, 7) is 6.16. The van der Waals surface area contributed by atoms with Gasteiger partial charge in [-0.05, 0) is 79.8 Å². The molecule has 2 unspecified atom stereocenters. The molecular weight excluding hydrogens is 362 g/mol. The second kappa shape index (κ2) is 9.82. The smallest absolute Gasteiger partial charge is 0.261 e. The van der Waals surface area contributed by atoms with E-state index in [1.807, 2.05) is 43.3 Å². The summed E-state index contributed by atoms with van der Waals surface area (Å²) < 4.78 is 11.4. The Morgan fingerprint density at radius 1 is 1.03 bits per heavy atom. The van der Waals surface area contributed by atoms with Gasteiger partial charge in [-0.15, -0.1) is 0 Å². The molecule has 0 saturated carbocycles. The van der Waals surface area contributed by atoms with E-state index < -0.39 is 6.10 Å². The van der Waals surface area contributed by atoms with Gasteiger partial charge in [0.15, 0.2) is 6.10 Å². The van der Waals surface area contributed by atoms with Crippen molar-refractivity contribution in [2.45, 2.75) is 65.0 Å². The maximum Gasteiger partial charge on any atom is 0.261 e.